The molecule has 0 unspecified atom stereocenters. The zero-order valence-electron chi connectivity index (χ0n) is 10.7. The number of anilines is 2. The predicted octanol–water partition coefficient (Wildman–Crippen LogP) is 4.12. The van der Waals surface area contributed by atoms with Crippen LogP contribution in [-0.2, 0) is 5.41 Å². The Morgan fingerprint density at radius 3 is 2.28 bits per heavy atom. The van der Waals surface area contributed by atoms with E-state index in [4.69, 9.17) is 0 Å². The van der Waals surface area contributed by atoms with Crippen molar-refractivity contribution in [3.05, 3.63) is 45.8 Å². The van der Waals surface area contributed by atoms with Crippen LogP contribution in [0.15, 0.2) is 36.7 Å². The molecule has 1 aromatic heterocycles. The van der Waals surface area contributed by atoms with Gasteiger partial charge in [-0.3, -0.25) is 0 Å². The van der Waals surface area contributed by atoms with Crippen LogP contribution >= 0.6 is 22.6 Å². The number of hydrogen-bond donors (Lipinski definition) is 1. The predicted molar refractivity (Wildman–Crippen MR) is 83.2 cm³/mol. The van der Waals surface area contributed by atoms with Gasteiger partial charge in [0.2, 0.25) is 5.95 Å². The number of hydrogen-bond acceptors (Lipinski definition) is 3. The average Bonchev–Trinajstić information content (AvgIpc) is 2.31. The first-order valence-electron chi connectivity index (χ1n) is 5.81. The highest BCUT2D eigenvalue weighted by Crippen LogP contribution is 2.30. The SMILES string of the molecule is CC(C)(C)c1ccccc1Nc1ncc(I)cn1. The Morgan fingerprint density at radius 1 is 1.06 bits per heavy atom. The third-order valence-electron chi connectivity index (χ3n) is 2.60. The second-order valence-corrected chi connectivity index (χ2v) is 6.39. The number of para-hydroxylation sites is 1. The number of aromatic nitrogens is 2. The summed E-state index contributed by atoms with van der Waals surface area (Å²) in [5.74, 6) is 0.632. The molecule has 2 rings (SSSR count). The fraction of sp³-hybridized carbons (Fsp3) is 0.286. The highest BCUT2D eigenvalue weighted by Gasteiger charge is 2.17. The van der Waals surface area contributed by atoms with Gasteiger partial charge in [-0.05, 0) is 39.6 Å². The summed E-state index contributed by atoms with van der Waals surface area (Å²) >= 11 is 2.19. The van der Waals surface area contributed by atoms with E-state index in [1.54, 1.807) is 12.4 Å². The molecule has 3 nitrogen and oxygen atoms in total. The lowest BCUT2D eigenvalue weighted by atomic mass is 9.86. The second kappa shape index (κ2) is 5.22. The van der Waals surface area contributed by atoms with Crippen molar-refractivity contribution < 1.29 is 0 Å². The molecule has 0 atom stereocenters. The molecule has 0 spiro atoms. The first kappa shape index (κ1) is 13.3. The van der Waals surface area contributed by atoms with E-state index in [9.17, 15) is 0 Å². The van der Waals surface area contributed by atoms with Gasteiger partial charge in [0, 0.05) is 21.7 Å². The Bertz CT molecular complexity index is 529. The van der Waals surface area contributed by atoms with Crippen molar-refractivity contribution in [2.75, 3.05) is 5.32 Å². The van der Waals surface area contributed by atoms with E-state index < -0.39 is 0 Å². The number of nitrogens with zero attached hydrogens (tertiary/aromatic N) is 2. The van der Waals surface area contributed by atoms with Crippen molar-refractivity contribution in [3.8, 4) is 0 Å². The molecule has 1 N–H and O–H groups in total. The Morgan fingerprint density at radius 2 is 1.67 bits per heavy atom. The number of nitrogens with one attached hydrogen (secondary N) is 1. The lowest BCUT2D eigenvalue weighted by molar-refractivity contribution is 0.592. The van der Waals surface area contributed by atoms with Crippen LogP contribution in [-0.4, -0.2) is 9.97 Å². The summed E-state index contributed by atoms with van der Waals surface area (Å²) in [7, 11) is 0. The maximum atomic E-state index is 4.27. The van der Waals surface area contributed by atoms with E-state index in [-0.39, 0.29) is 5.41 Å². The summed E-state index contributed by atoms with van der Waals surface area (Å²) in [4.78, 5) is 8.53. The van der Waals surface area contributed by atoms with Gasteiger partial charge >= 0.3 is 0 Å². The lowest BCUT2D eigenvalue weighted by Gasteiger charge is -2.22. The molecule has 0 fully saturated rings. The minimum absolute atomic E-state index is 0.0901. The van der Waals surface area contributed by atoms with Gasteiger partial charge in [-0.1, -0.05) is 39.0 Å². The molecule has 0 amide bonds. The summed E-state index contributed by atoms with van der Waals surface area (Å²) < 4.78 is 1.03. The molecule has 94 valence electrons. The van der Waals surface area contributed by atoms with Crippen molar-refractivity contribution in [1.82, 2.24) is 9.97 Å². The third-order valence-corrected chi connectivity index (χ3v) is 3.16. The summed E-state index contributed by atoms with van der Waals surface area (Å²) in [6.07, 6.45) is 3.60. The minimum atomic E-state index is 0.0901. The first-order valence-corrected chi connectivity index (χ1v) is 6.89. The monoisotopic (exact) mass is 353 g/mol. The van der Waals surface area contributed by atoms with Gasteiger partial charge < -0.3 is 5.32 Å². The van der Waals surface area contributed by atoms with Gasteiger partial charge in [0.1, 0.15) is 0 Å². The largest absolute Gasteiger partial charge is 0.324 e. The molecule has 4 heteroatoms. The number of benzene rings is 1. The molecule has 0 aliphatic rings. The molecule has 0 bridgehead atoms. The molecule has 0 aliphatic heterocycles. The Kier molecular flexibility index (Phi) is 3.85. The summed E-state index contributed by atoms with van der Waals surface area (Å²) in [5, 5.41) is 3.28. The fourth-order valence-corrected chi connectivity index (χ4v) is 2.02. The van der Waals surface area contributed by atoms with Gasteiger partial charge in [0.15, 0.2) is 0 Å². The molecular weight excluding hydrogens is 337 g/mol. The van der Waals surface area contributed by atoms with Gasteiger partial charge in [0.25, 0.3) is 0 Å². The average molecular weight is 353 g/mol. The molecule has 1 aromatic carbocycles. The van der Waals surface area contributed by atoms with Crippen molar-refractivity contribution in [3.63, 3.8) is 0 Å². The number of halogens is 1. The zero-order chi connectivity index (χ0) is 13.2. The molecule has 1 heterocycles. The van der Waals surface area contributed by atoms with Crippen LogP contribution in [0.25, 0.3) is 0 Å². The molecule has 0 saturated carbocycles. The van der Waals surface area contributed by atoms with Crippen LogP contribution in [0.3, 0.4) is 0 Å². The van der Waals surface area contributed by atoms with E-state index in [1.807, 2.05) is 6.07 Å². The fourth-order valence-electron chi connectivity index (χ4n) is 1.74. The van der Waals surface area contributed by atoms with E-state index >= 15 is 0 Å². The standard InChI is InChI=1S/C14H16IN3/c1-14(2,3)11-6-4-5-7-12(11)18-13-16-8-10(15)9-17-13/h4-9H,1-3H3,(H,16,17,18). The van der Waals surface area contributed by atoms with Crippen molar-refractivity contribution in [2.24, 2.45) is 0 Å². The van der Waals surface area contributed by atoms with Crippen LogP contribution in [0.5, 0.6) is 0 Å². The molecule has 2 aromatic rings. The highest BCUT2D eigenvalue weighted by atomic mass is 127. The molecule has 0 aliphatic carbocycles. The van der Waals surface area contributed by atoms with Crippen LogP contribution in [0.2, 0.25) is 0 Å². The quantitative estimate of drug-likeness (QED) is 0.826. The van der Waals surface area contributed by atoms with Gasteiger partial charge in [-0.2, -0.15) is 0 Å². The normalized spacial score (nSPS) is 11.3. The van der Waals surface area contributed by atoms with E-state index in [2.05, 4.69) is 76.8 Å². The van der Waals surface area contributed by atoms with Gasteiger partial charge in [0.05, 0.1) is 0 Å². The summed E-state index contributed by atoms with van der Waals surface area (Å²) in [5.41, 5.74) is 2.41. The smallest absolute Gasteiger partial charge is 0.227 e. The van der Waals surface area contributed by atoms with E-state index in [0.29, 0.717) is 5.95 Å². The number of rotatable bonds is 2. The lowest BCUT2D eigenvalue weighted by Crippen LogP contribution is -2.14. The second-order valence-electron chi connectivity index (χ2n) is 5.15. The maximum absolute atomic E-state index is 4.27. The van der Waals surface area contributed by atoms with Crippen LogP contribution in [0, 0.1) is 3.57 Å². The maximum Gasteiger partial charge on any atom is 0.227 e. The summed E-state index contributed by atoms with van der Waals surface area (Å²) in [6, 6.07) is 8.27. The first-order chi connectivity index (χ1) is 8.47. The van der Waals surface area contributed by atoms with Crippen LogP contribution in [0.4, 0.5) is 11.6 Å². The zero-order valence-corrected chi connectivity index (χ0v) is 12.9. The Hall–Kier alpha value is -1.17. The Labute approximate surface area is 121 Å². The van der Waals surface area contributed by atoms with E-state index in [0.717, 1.165) is 9.26 Å². The third kappa shape index (κ3) is 3.19. The van der Waals surface area contributed by atoms with Gasteiger partial charge in [-0.15, -0.1) is 0 Å². The molecule has 18 heavy (non-hydrogen) atoms. The molecular formula is C14H16IN3. The highest BCUT2D eigenvalue weighted by molar-refractivity contribution is 14.1. The molecule has 0 saturated heterocycles. The van der Waals surface area contributed by atoms with Crippen molar-refractivity contribution >= 4 is 34.2 Å². The Balaban J connectivity index is 2.32. The van der Waals surface area contributed by atoms with Crippen molar-refractivity contribution in [1.29, 1.82) is 0 Å². The van der Waals surface area contributed by atoms with Crippen LogP contribution < -0.4 is 5.32 Å². The molecule has 0 radical (unpaired) electrons. The topological polar surface area (TPSA) is 37.8 Å². The van der Waals surface area contributed by atoms with E-state index in [1.165, 1.54) is 5.56 Å². The van der Waals surface area contributed by atoms with Crippen molar-refractivity contribution in [2.45, 2.75) is 26.2 Å². The van der Waals surface area contributed by atoms with Crippen LogP contribution in [0.1, 0.15) is 26.3 Å². The van der Waals surface area contributed by atoms with Gasteiger partial charge in [-0.25, -0.2) is 9.97 Å². The summed E-state index contributed by atoms with van der Waals surface area (Å²) in [6.45, 7) is 6.59. The minimum Gasteiger partial charge on any atom is -0.324 e.